The molecule has 5 heteroatoms. The van der Waals surface area contributed by atoms with Crippen LogP contribution in [0, 0.1) is 24.5 Å². The largest absolute Gasteiger partial charge is 0.309 e. The van der Waals surface area contributed by atoms with E-state index in [1.165, 1.54) is 0 Å². The zero-order valence-electron chi connectivity index (χ0n) is 26.7. The van der Waals surface area contributed by atoms with Gasteiger partial charge in [-0.15, -0.1) is 0 Å². The van der Waals surface area contributed by atoms with Gasteiger partial charge in [-0.3, -0.25) is 0 Å². The normalized spacial score (nSPS) is 11.1. The lowest BCUT2D eigenvalue weighted by Crippen LogP contribution is -1.97. The van der Waals surface area contributed by atoms with Crippen LogP contribution in [0.1, 0.15) is 5.56 Å². The third-order valence-corrected chi connectivity index (χ3v) is 9.58. The van der Waals surface area contributed by atoms with Crippen LogP contribution in [0.5, 0.6) is 0 Å². The molecular weight excluding hydrogens is 611 g/mol. The molecule has 2 heterocycles. The fourth-order valence-electron chi connectivity index (χ4n) is 7.39. The van der Waals surface area contributed by atoms with Crippen molar-refractivity contribution in [1.29, 1.82) is 5.26 Å². The van der Waals surface area contributed by atoms with Crippen LogP contribution in [0.25, 0.3) is 86.9 Å². The van der Waals surface area contributed by atoms with Crippen molar-refractivity contribution in [1.82, 2.24) is 9.13 Å². The molecule has 0 fully saturated rings. The van der Waals surface area contributed by atoms with Gasteiger partial charge in [0.15, 0.2) is 11.4 Å². The summed E-state index contributed by atoms with van der Waals surface area (Å²) >= 11 is 0. The van der Waals surface area contributed by atoms with Crippen molar-refractivity contribution >= 4 is 55.0 Å². The summed E-state index contributed by atoms with van der Waals surface area (Å²) in [6.07, 6.45) is 0. The van der Waals surface area contributed by atoms with E-state index in [4.69, 9.17) is 13.1 Å². The topological polar surface area (TPSA) is 42.4 Å². The highest BCUT2D eigenvalue weighted by Gasteiger charge is 2.18. The van der Waals surface area contributed by atoms with Gasteiger partial charge in [0.2, 0.25) is 0 Å². The van der Waals surface area contributed by atoms with Crippen molar-refractivity contribution in [3.63, 3.8) is 0 Å². The smallest absolute Gasteiger partial charge is 0.194 e. The molecule has 230 valence electrons. The number of hydrogen-bond donors (Lipinski definition) is 0. The number of benzene rings is 7. The molecule has 7 aromatic carbocycles. The summed E-state index contributed by atoms with van der Waals surface area (Å²) in [6, 6.07) is 53.4. The summed E-state index contributed by atoms with van der Waals surface area (Å²) in [4.78, 5) is 7.61. The van der Waals surface area contributed by atoms with Crippen molar-refractivity contribution in [2.75, 3.05) is 0 Å². The highest BCUT2D eigenvalue weighted by Crippen LogP contribution is 2.42. The van der Waals surface area contributed by atoms with Gasteiger partial charge in [0.25, 0.3) is 0 Å². The first-order valence-electron chi connectivity index (χ1n) is 16.2. The van der Waals surface area contributed by atoms with Gasteiger partial charge >= 0.3 is 0 Å². The number of fused-ring (bicyclic) bond motifs is 6. The maximum absolute atomic E-state index is 9.63. The van der Waals surface area contributed by atoms with Gasteiger partial charge in [-0.1, -0.05) is 84.9 Å². The molecule has 50 heavy (non-hydrogen) atoms. The highest BCUT2D eigenvalue weighted by molar-refractivity contribution is 6.11. The van der Waals surface area contributed by atoms with Gasteiger partial charge < -0.3 is 9.13 Å². The van der Waals surface area contributed by atoms with Gasteiger partial charge in [0, 0.05) is 27.5 Å². The van der Waals surface area contributed by atoms with Gasteiger partial charge in [-0.25, -0.2) is 9.69 Å². The summed E-state index contributed by atoms with van der Waals surface area (Å²) < 4.78 is 4.50. The molecule has 0 aliphatic carbocycles. The summed E-state index contributed by atoms with van der Waals surface area (Å²) in [5.41, 5.74) is 11.8. The zero-order chi connectivity index (χ0) is 33.8. The molecule has 9 rings (SSSR count). The summed E-state index contributed by atoms with van der Waals surface area (Å²) in [6.45, 7) is 15.6. The second-order valence-corrected chi connectivity index (χ2v) is 12.3. The summed E-state index contributed by atoms with van der Waals surface area (Å²) in [5.74, 6) is 0. The van der Waals surface area contributed by atoms with Crippen LogP contribution in [0.3, 0.4) is 0 Å². The monoisotopic (exact) mass is 635 g/mol. The first kappa shape index (κ1) is 28.8. The number of hydrogen-bond acceptors (Lipinski definition) is 1. The second kappa shape index (κ2) is 11.4. The van der Waals surface area contributed by atoms with Crippen LogP contribution in [-0.4, -0.2) is 9.13 Å². The average Bonchev–Trinajstić information content (AvgIpc) is 3.69. The molecule has 0 saturated carbocycles. The van der Waals surface area contributed by atoms with Crippen molar-refractivity contribution in [2.45, 2.75) is 0 Å². The minimum absolute atomic E-state index is 0.585. The van der Waals surface area contributed by atoms with Gasteiger partial charge in [-0.2, -0.15) is 5.26 Å². The molecular formula is C45H25N5. The molecule has 9 aromatic rings. The third kappa shape index (κ3) is 4.38. The molecule has 0 aliphatic rings. The van der Waals surface area contributed by atoms with E-state index in [9.17, 15) is 5.26 Å². The summed E-state index contributed by atoms with van der Waals surface area (Å²) in [5, 5.41) is 13.9. The van der Waals surface area contributed by atoms with Gasteiger partial charge in [-0.05, 0) is 94.4 Å². The van der Waals surface area contributed by atoms with E-state index in [-0.39, 0.29) is 0 Å². The number of aromatic nitrogens is 2. The maximum Gasteiger partial charge on any atom is 0.194 e. The standard InChI is InChI=1S/C45H25N5/c1-47-31-19-23-45-40(26-31)37-14-5-8-17-43(37)50(45)33-20-21-34(38(27-33)35-12-3-6-15-41(35)48-2)30-10-9-11-32(25-30)49-42-16-7-4-13-36(42)39-24-29(28-46)18-22-44(39)49/h3-27H. The van der Waals surface area contributed by atoms with E-state index in [1.54, 1.807) is 0 Å². The minimum atomic E-state index is 0.585. The minimum Gasteiger partial charge on any atom is -0.309 e. The van der Waals surface area contributed by atoms with Gasteiger partial charge in [0.05, 0.1) is 46.8 Å². The Morgan fingerprint density at radius 1 is 0.460 bits per heavy atom. The van der Waals surface area contributed by atoms with Crippen LogP contribution >= 0.6 is 0 Å². The van der Waals surface area contributed by atoms with Crippen molar-refractivity contribution in [2.24, 2.45) is 0 Å². The lowest BCUT2D eigenvalue weighted by atomic mass is 9.92. The Labute approximate surface area is 288 Å². The third-order valence-electron chi connectivity index (χ3n) is 9.58. The quantitative estimate of drug-likeness (QED) is 0.177. The van der Waals surface area contributed by atoms with E-state index in [0.29, 0.717) is 16.9 Å². The van der Waals surface area contributed by atoms with Gasteiger partial charge in [0.1, 0.15) is 0 Å². The Morgan fingerprint density at radius 3 is 1.82 bits per heavy atom. The number of rotatable bonds is 4. The Morgan fingerprint density at radius 2 is 1.10 bits per heavy atom. The van der Waals surface area contributed by atoms with Crippen LogP contribution in [-0.2, 0) is 0 Å². The second-order valence-electron chi connectivity index (χ2n) is 12.3. The molecule has 0 atom stereocenters. The molecule has 2 aromatic heterocycles. The van der Waals surface area contributed by atoms with Crippen molar-refractivity contribution in [3.05, 3.63) is 180 Å². The molecule has 0 bridgehead atoms. The Balaban J connectivity index is 1.29. The molecule has 0 amide bonds. The van der Waals surface area contributed by atoms with Crippen LogP contribution in [0.4, 0.5) is 11.4 Å². The predicted octanol–water partition coefficient (Wildman–Crippen LogP) is 12.2. The van der Waals surface area contributed by atoms with Crippen molar-refractivity contribution in [3.8, 4) is 39.7 Å². The zero-order valence-corrected chi connectivity index (χ0v) is 26.7. The van der Waals surface area contributed by atoms with E-state index in [2.05, 4.69) is 91.6 Å². The SMILES string of the molecule is [C-]#[N+]c1ccc2c(c1)c1ccccc1n2-c1ccc(-c2cccc(-n3c4ccccc4c4cc(C#N)ccc43)c2)c(-c2ccccc2[N+]#[C-])c1. The molecule has 0 radical (unpaired) electrons. The average molecular weight is 636 g/mol. The maximum atomic E-state index is 9.63. The number of nitriles is 1. The Kier molecular flexibility index (Phi) is 6.56. The fourth-order valence-corrected chi connectivity index (χ4v) is 7.39. The van der Waals surface area contributed by atoms with Crippen LogP contribution in [0.2, 0.25) is 0 Å². The highest BCUT2D eigenvalue weighted by atomic mass is 15.0. The Bertz CT molecular complexity index is 2970. The summed E-state index contributed by atoms with van der Waals surface area (Å²) in [7, 11) is 0. The lowest BCUT2D eigenvalue weighted by molar-refractivity contribution is 1.18. The van der Waals surface area contributed by atoms with Crippen LogP contribution in [0.15, 0.2) is 152 Å². The van der Waals surface area contributed by atoms with E-state index in [1.807, 2.05) is 84.9 Å². The predicted molar refractivity (Wildman–Crippen MR) is 203 cm³/mol. The fraction of sp³-hybridized carbons (Fsp3) is 0. The van der Waals surface area contributed by atoms with E-state index >= 15 is 0 Å². The lowest BCUT2D eigenvalue weighted by Gasteiger charge is -2.17. The Hall–Kier alpha value is -7.39. The molecule has 0 N–H and O–H groups in total. The number of nitrogens with zero attached hydrogens (tertiary/aromatic N) is 5. The van der Waals surface area contributed by atoms with Crippen LogP contribution < -0.4 is 0 Å². The molecule has 0 spiro atoms. The molecule has 0 unspecified atom stereocenters. The van der Waals surface area contributed by atoms with E-state index < -0.39 is 0 Å². The molecule has 5 nitrogen and oxygen atoms in total. The molecule has 0 saturated heterocycles. The van der Waals surface area contributed by atoms with E-state index in [0.717, 1.165) is 77.2 Å². The first-order chi connectivity index (χ1) is 24.7. The first-order valence-corrected chi connectivity index (χ1v) is 16.2. The van der Waals surface area contributed by atoms with Crippen molar-refractivity contribution < 1.29 is 0 Å². The molecule has 0 aliphatic heterocycles. The number of para-hydroxylation sites is 3.